The van der Waals surface area contributed by atoms with Gasteiger partial charge in [-0.1, -0.05) is 71.2 Å². The van der Waals surface area contributed by atoms with Crippen LogP contribution in [-0.4, -0.2) is 5.91 Å². The number of hydrogen-bond acceptors (Lipinski definition) is 2. The van der Waals surface area contributed by atoms with Crippen LogP contribution in [0.3, 0.4) is 0 Å². The maximum absolute atomic E-state index is 13.6. The van der Waals surface area contributed by atoms with E-state index >= 15 is 0 Å². The molecule has 0 atom stereocenters. The van der Waals surface area contributed by atoms with Gasteiger partial charge in [0.05, 0.1) is 16.4 Å². The Kier molecular flexibility index (Phi) is 5.91. The first kappa shape index (κ1) is 22.3. The highest BCUT2D eigenvalue weighted by molar-refractivity contribution is 6.35. The number of amides is 1. The summed E-state index contributed by atoms with van der Waals surface area (Å²) in [6.07, 6.45) is 3.67. The minimum absolute atomic E-state index is 0.107. The van der Waals surface area contributed by atoms with Gasteiger partial charge in [-0.3, -0.25) is 9.69 Å². The molecule has 0 saturated carbocycles. The minimum atomic E-state index is -0.107. The van der Waals surface area contributed by atoms with Crippen molar-refractivity contribution in [2.45, 2.75) is 13.8 Å². The molecule has 0 N–H and O–H groups in total. The quantitative estimate of drug-likeness (QED) is 0.272. The van der Waals surface area contributed by atoms with E-state index in [0.29, 0.717) is 32.7 Å². The Morgan fingerprint density at radius 2 is 1.68 bits per heavy atom. The fourth-order valence-electron chi connectivity index (χ4n) is 4.15. The third-order valence-corrected chi connectivity index (χ3v) is 6.33. The summed E-state index contributed by atoms with van der Waals surface area (Å²) in [7, 11) is 0. The number of benzene rings is 3. The van der Waals surface area contributed by atoms with Crippen molar-refractivity contribution in [2.24, 2.45) is 0 Å². The van der Waals surface area contributed by atoms with Crippen molar-refractivity contribution < 1.29 is 9.21 Å². The van der Waals surface area contributed by atoms with Gasteiger partial charge in [-0.05, 0) is 73.5 Å². The lowest BCUT2D eigenvalue weighted by Gasteiger charge is -2.23. The fourth-order valence-corrected chi connectivity index (χ4v) is 4.53. The maximum atomic E-state index is 13.6. The van der Waals surface area contributed by atoms with E-state index in [1.54, 1.807) is 29.2 Å². The molecule has 1 aromatic heterocycles. The lowest BCUT2D eigenvalue weighted by molar-refractivity contribution is -0.113. The lowest BCUT2D eigenvalue weighted by Crippen LogP contribution is -2.25. The number of carbonyl (C=O) groups is 1. The summed E-state index contributed by atoms with van der Waals surface area (Å²) in [5, 5.41) is 1.11. The van der Waals surface area contributed by atoms with E-state index in [1.807, 2.05) is 74.5 Å². The number of nitrogens with zero attached hydrogens (tertiary/aromatic N) is 1. The van der Waals surface area contributed by atoms with E-state index in [1.165, 1.54) is 0 Å². The molecule has 5 heteroatoms. The van der Waals surface area contributed by atoms with E-state index in [4.69, 9.17) is 27.6 Å². The first-order valence-corrected chi connectivity index (χ1v) is 11.6. The molecular weight excluding hydrogens is 465 g/mol. The molecule has 0 unspecified atom stereocenters. The van der Waals surface area contributed by atoms with Gasteiger partial charge in [0.2, 0.25) is 0 Å². The Hall–Kier alpha value is -3.53. The van der Waals surface area contributed by atoms with E-state index in [-0.39, 0.29) is 5.91 Å². The van der Waals surface area contributed by atoms with Crippen LogP contribution in [0.2, 0.25) is 10.0 Å². The van der Waals surface area contributed by atoms with Crippen LogP contribution in [0.5, 0.6) is 0 Å². The summed E-state index contributed by atoms with van der Waals surface area (Å²) in [4.78, 5) is 15.4. The van der Waals surface area contributed by atoms with Crippen molar-refractivity contribution >= 4 is 46.6 Å². The first-order valence-electron chi connectivity index (χ1n) is 10.9. The Balaban J connectivity index is 1.57. The van der Waals surface area contributed by atoms with Gasteiger partial charge in [0.25, 0.3) is 5.91 Å². The van der Waals surface area contributed by atoms with E-state index in [0.717, 1.165) is 28.1 Å². The molecule has 0 aliphatic carbocycles. The predicted octanol–water partition coefficient (Wildman–Crippen LogP) is 8.34. The first-order chi connectivity index (χ1) is 16.4. The van der Waals surface area contributed by atoms with Crippen LogP contribution in [0.4, 0.5) is 5.69 Å². The highest BCUT2D eigenvalue weighted by Crippen LogP contribution is 2.38. The summed E-state index contributed by atoms with van der Waals surface area (Å²) in [6, 6.07) is 24.9. The molecule has 5 rings (SSSR count). The molecule has 3 aromatic carbocycles. The second-order valence-electron chi connectivity index (χ2n) is 8.25. The van der Waals surface area contributed by atoms with Crippen molar-refractivity contribution in [2.75, 3.05) is 4.90 Å². The molecule has 0 radical (unpaired) electrons. The number of furan rings is 1. The van der Waals surface area contributed by atoms with E-state index in [2.05, 4.69) is 6.07 Å². The molecule has 1 amide bonds. The van der Waals surface area contributed by atoms with Gasteiger partial charge in [-0.15, -0.1) is 0 Å². The van der Waals surface area contributed by atoms with Gasteiger partial charge in [-0.25, -0.2) is 0 Å². The Labute approximate surface area is 208 Å². The molecule has 0 bridgehead atoms. The van der Waals surface area contributed by atoms with Crippen molar-refractivity contribution in [3.05, 3.63) is 123 Å². The summed E-state index contributed by atoms with van der Waals surface area (Å²) in [6.45, 7) is 4.07. The number of rotatable bonds is 4. The van der Waals surface area contributed by atoms with Gasteiger partial charge in [0, 0.05) is 16.2 Å². The molecule has 34 heavy (non-hydrogen) atoms. The topological polar surface area (TPSA) is 33.5 Å². The zero-order valence-corrected chi connectivity index (χ0v) is 20.2. The minimum Gasteiger partial charge on any atom is -0.457 e. The standard InChI is InChI=1S/C29H21Cl2NO2/c1-18-8-12-26(19(2)14-18)32-27(20-6-4-3-5-7-20)16-21(29(32)33)15-23-10-13-28(34-23)24-17-22(30)9-11-25(24)31/h3-17H,1-2H3/b21-15+. The summed E-state index contributed by atoms with van der Waals surface area (Å²) >= 11 is 12.5. The third-order valence-electron chi connectivity index (χ3n) is 5.76. The summed E-state index contributed by atoms with van der Waals surface area (Å²) in [5.74, 6) is 1.04. The monoisotopic (exact) mass is 485 g/mol. The molecule has 0 fully saturated rings. The number of aryl methyl sites for hydroxylation is 2. The molecule has 1 aliphatic rings. The van der Waals surface area contributed by atoms with Crippen LogP contribution in [0.1, 0.15) is 22.5 Å². The molecule has 1 aliphatic heterocycles. The molecule has 0 saturated heterocycles. The Morgan fingerprint density at radius 3 is 2.44 bits per heavy atom. The van der Waals surface area contributed by atoms with Crippen LogP contribution in [0.25, 0.3) is 23.1 Å². The molecule has 0 spiro atoms. The van der Waals surface area contributed by atoms with Gasteiger partial charge in [0.15, 0.2) is 0 Å². The van der Waals surface area contributed by atoms with Crippen molar-refractivity contribution in [3.63, 3.8) is 0 Å². The highest BCUT2D eigenvalue weighted by Gasteiger charge is 2.31. The molecule has 168 valence electrons. The van der Waals surface area contributed by atoms with Crippen molar-refractivity contribution in [3.8, 4) is 11.3 Å². The Morgan fingerprint density at radius 1 is 0.882 bits per heavy atom. The van der Waals surface area contributed by atoms with E-state index in [9.17, 15) is 4.79 Å². The predicted molar refractivity (Wildman–Crippen MR) is 140 cm³/mol. The van der Waals surface area contributed by atoms with Crippen LogP contribution < -0.4 is 4.90 Å². The van der Waals surface area contributed by atoms with Crippen molar-refractivity contribution in [1.29, 1.82) is 0 Å². The van der Waals surface area contributed by atoms with Crippen LogP contribution >= 0.6 is 23.2 Å². The van der Waals surface area contributed by atoms with Crippen molar-refractivity contribution in [1.82, 2.24) is 0 Å². The van der Waals surface area contributed by atoms with Gasteiger partial charge in [0.1, 0.15) is 11.5 Å². The lowest BCUT2D eigenvalue weighted by atomic mass is 10.1. The maximum Gasteiger partial charge on any atom is 0.263 e. The fraction of sp³-hybridized carbons (Fsp3) is 0.0690. The zero-order chi connectivity index (χ0) is 23.8. The average Bonchev–Trinajstić information content (AvgIpc) is 3.41. The molecular formula is C29H21Cl2NO2. The van der Waals surface area contributed by atoms with Gasteiger partial charge in [-0.2, -0.15) is 0 Å². The highest BCUT2D eigenvalue weighted by atomic mass is 35.5. The number of carbonyl (C=O) groups excluding carboxylic acids is 1. The van der Waals surface area contributed by atoms with Crippen LogP contribution in [0, 0.1) is 13.8 Å². The summed E-state index contributed by atoms with van der Waals surface area (Å²) in [5.41, 5.74) is 6.08. The third kappa shape index (κ3) is 4.21. The molecule has 3 nitrogen and oxygen atoms in total. The van der Waals surface area contributed by atoms with Gasteiger partial charge < -0.3 is 4.42 Å². The summed E-state index contributed by atoms with van der Waals surface area (Å²) < 4.78 is 6.02. The number of anilines is 1. The second kappa shape index (κ2) is 9.02. The normalized spacial score (nSPS) is 14.7. The largest absolute Gasteiger partial charge is 0.457 e. The van der Waals surface area contributed by atoms with Crippen LogP contribution in [0.15, 0.2) is 94.9 Å². The molecule has 4 aromatic rings. The smallest absolute Gasteiger partial charge is 0.263 e. The van der Waals surface area contributed by atoms with Crippen LogP contribution in [-0.2, 0) is 4.79 Å². The zero-order valence-electron chi connectivity index (χ0n) is 18.7. The Bertz CT molecular complexity index is 1460. The molecule has 2 heterocycles. The van der Waals surface area contributed by atoms with E-state index < -0.39 is 0 Å². The SMILES string of the molecule is Cc1ccc(N2C(=O)/C(=C/c3ccc(-c4cc(Cl)ccc4Cl)o3)C=C2c2ccccc2)c(C)c1. The average molecular weight is 486 g/mol. The number of hydrogen-bond donors (Lipinski definition) is 0. The second-order valence-corrected chi connectivity index (χ2v) is 9.10. The number of halogens is 2. The van der Waals surface area contributed by atoms with Gasteiger partial charge >= 0.3 is 0 Å².